The molecule has 1 N–H and O–H groups in total. The van der Waals surface area contributed by atoms with Gasteiger partial charge in [-0.05, 0) is 36.5 Å². The third kappa shape index (κ3) is 5.40. The van der Waals surface area contributed by atoms with Gasteiger partial charge in [0.1, 0.15) is 5.75 Å². The summed E-state index contributed by atoms with van der Waals surface area (Å²) in [5.41, 5.74) is 0.934. The Hall–Kier alpha value is -0.940. The van der Waals surface area contributed by atoms with Crippen molar-refractivity contribution in [1.29, 1.82) is 0 Å². The molecule has 0 amide bonds. The van der Waals surface area contributed by atoms with E-state index in [1.165, 1.54) is 25.0 Å². The Morgan fingerprint density at radius 2 is 1.81 bits per heavy atom. The number of ether oxygens (including phenoxy) is 1. The van der Waals surface area contributed by atoms with E-state index in [1.807, 2.05) is 0 Å². The van der Waals surface area contributed by atoms with Crippen molar-refractivity contribution in [3.05, 3.63) is 29.8 Å². The van der Waals surface area contributed by atoms with E-state index in [9.17, 15) is 13.2 Å². The third-order valence-electron chi connectivity index (χ3n) is 3.83. The molecule has 1 saturated carbocycles. The number of hydrogen-bond donors (Lipinski definition) is 1. The van der Waals surface area contributed by atoms with Crippen LogP contribution < -0.4 is 10.1 Å². The Balaban J connectivity index is 1.85. The molecule has 2 unspecified atom stereocenters. The summed E-state index contributed by atoms with van der Waals surface area (Å²) < 4.78 is 40.1. The lowest BCUT2D eigenvalue weighted by atomic mass is 9.85. The quantitative estimate of drug-likeness (QED) is 0.808. The van der Waals surface area contributed by atoms with E-state index in [0.717, 1.165) is 18.4 Å². The van der Waals surface area contributed by atoms with E-state index in [0.29, 0.717) is 24.4 Å². The molecule has 0 aromatic heterocycles. The molecule has 2 rings (SSSR count). The molecule has 0 bridgehead atoms. The first-order valence-corrected chi connectivity index (χ1v) is 7.65. The lowest BCUT2D eigenvalue weighted by molar-refractivity contribution is -0.274. The highest BCUT2D eigenvalue weighted by Crippen LogP contribution is 2.26. The van der Waals surface area contributed by atoms with E-state index in [1.54, 1.807) is 12.1 Å². The SMILES string of the molecule is FC(F)(F)Oc1ccc(CNC2CCCCC2CCl)cc1. The summed E-state index contributed by atoms with van der Waals surface area (Å²) in [6.07, 6.45) is 0.0179. The van der Waals surface area contributed by atoms with Crippen molar-refractivity contribution < 1.29 is 17.9 Å². The van der Waals surface area contributed by atoms with Crippen LogP contribution in [0.2, 0.25) is 0 Å². The van der Waals surface area contributed by atoms with Crippen LogP contribution in [0, 0.1) is 5.92 Å². The van der Waals surface area contributed by atoms with Crippen LogP contribution in [0.5, 0.6) is 5.75 Å². The van der Waals surface area contributed by atoms with Crippen LogP contribution in [0.15, 0.2) is 24.3 Å². The maximum absolute atomic E-state index is 12.1. The average molecular weight is 322 g/mol. The molecule has 0 saturated heterocycles. The highest BCUT2D eigenvalue weighted by Gasteiger charge is 2.31. The minimum atomic E-state index is -4.64. The third-order valence-corrected chi connectivity index (χ3v) is 4.23. The Kier molecular flexibility index (Phi) is 5.76. The first kappa shape index (κ1) is 16.4. The summed E-state index contributed by atoms with van der Waals surface area (Å²) in [5.74, 6) is 0.937. The molecule has 0 heterocycles. The summed E-state index contributed by atoms with van der Waals surface area (Å²) in [7, 11) is 0. The second kappa shape index (κ2) is 7.36. The van der Waals surface area contributed by atoms with E-state index in [2.05, 4.69) is 10.1 Å². The van der Waals surface area contributed by atoms with Gasteiger partial charge in [0.05, 0.1) is 0 Å². The molecule has 1 fully saturated rings. The number of rotatable bonds is 5. The molecule has 6 heteroatoms. The lowest BCUT2D eigenvalue weighted by Gasteiger charge is -2.31. The molecule has 0 aliphatic heterocycles. The minimum Gasteiger partial charge on any atom is -0.406 e. The molecule has 118 valence electrons. The molecule has 1 aliphatic carbocycles. The second-order valence-electron chi connectivity index (χ2n) is 5.38. The van der Waals surface area contributed by atoms with Gasteiger partial charge in [-0.25, -0.2) is 0 Å². The fraction of sp³-hybridized carbons (Fsp3) is 0.600. The predicted molar refractivity (Wildman–Crippen MR) is 76.4 cm³/mol. The van der Waals surface area contributed by atoms with Crippen molar-refractivity contribution in [3.8, 4) is 5.75 Å². The van der Waals surface area contributed by atoms with Crippen LogP contribution in [-0.4, -0.2) is 18.3 Å². The van der Waals surface area contributed by atoms with Crippen LogP contribution in [0.3, 0.4) is 0 Å². The van der Waals surface area contributed by atoms with Gasteiger partial charge < -0.3 is 10.1 Å². The highest BCUT2D eigenvalue weighted by atomic mass is 35.5. The predicted octanol–water partition coefficient (Wildman–Crippen LogP) is 4.47. The van der Waals surface area contributed by atoms with Gasteiger partial charge in [0.15, 0.2) is 0 Å². The molecular weight excluding hydrogens is 303 g/mol. The van der Waals surface area contributed by atoms with Crippen molar-refractivity contribution in [3.63, 3.8) is 0 Å². The Labute approximate surface area is 127 Å². The fourth-order valence-electron chi connectivity index (χ4n) is 2.72. The second-order valence-corrected chi connectivity index (χ2v) is 5.69. The summed E-state index contributed by atoms with van der Waals surface area (Å²) in [6, 6.07) is 6.36. The number of nitrogens with one attached hydrogen (secondary N) is 1. The maximum atomic E-state index is 12.1. The van der Waals surface area contributed by atoms with Crippen LogP contribution in [0.25, 0.3) is 0 Å². The smallest absolute Gasteiger partial charge is 0.406 e. The van der Waals surface area contributed by atoms with E-state index >= 15 is 0 Å². The number of halogens is 4. The fourth-order valence-corrected chi connectivity index (χ4v) is 3.09. The first-order valence-electron chi connectivity index (χ1n) is 7.12. The molecule has 21 heavy (non-hydrogen) atoms. The van der Waals surface area contributed by atoms with Gasteiger partial charge in [-0.1, -0.05) is 25.0 Å². The standard InChI is InChI=1S/C15H19ClF3NO/c16-9-12-3-1-2-4-14(12)20-10-11-5-7-13(8-6-11)21-15(17,18)19/h5-8,12,14,20H,1-4,9-10H2. The summed E-state index contributed by atoms with van der Waals surface area (Å²) in [5, 5.41) is 3.46. The largest absolute Gasteiger partial charge is 0.573 e. The highest BCUT2D eigenvalue weighted by molar-refractivity contribution is 6.18. The van der Waals surface area contributed by atoms with Crippen LogP contribution >= 0.6 is 11.6 Å². The van der Waals surface area contributed by atoms with Crippen molar-refractivity contribution >= 4 is 11.6 Å². The van der Waals surface area contributed by atoms with Crippen LogP contribution in [0.1, 0.15) is 31.2 Å². The topological polar surface area (TPSA) is 21.3 Å². The Morgan fingerprint density at radius 1 is 1.14 bits per heavy atom. The zero-order valence-electron chi connectivity index (χ0n) is 11.6. The molecule has 2 nitrogen and oxygen atoms in total. The minimum absolute atomic E-state index is 0.192. The van der Waals surface area contributed by atoms with Crippen molar-refractivity contribution in [2.45, 2.75) is 44.6 Å². The molecule has 1 aliphatic rings. The first-order chi connectivity index (χ1) is 9.98. The van der Waals surface area contributed by atoms with Gasteiger partial charge in [0.25, 0.3) is 0 Å². The van der Waals surface area contributed by atoms with Gasteiger partial charge in [-0.3, -0.25) is 0 Å². The van der Waals surface area contributed by atoms with E-state index in [-0.39, 0.29) is 5.75 Å². The Morgan fingerprint density at radius 3 is 2.43 bits per heavy atom. The average Bonchev–Trinajstić information content (AvgIpc) is 2.45. The summed E-state index contributed by atoms with van der Waals surface area (Å²) >= 11 is 5.98. The molecular formula is C15H19ClF3NO. The van der Waals surface area contributed by atoms with Gasteiger partial charge in [0.2, 0.25) is 0 Å². The van der Waals surface area contributed by atoms with Crippen molar-refractivity contribution in [1.82, 2.24) is 5.32 Å². The lowest BCUT2D eigenvalue weighted by Crippen LogP contribution is -2.38. The Bertz CT molecular complexity index is 436. The number of hydrogen-bond acceptors (Lipinski definition) is 2. The van der Waals surface area contributed by atoms with Gasteiger partial charge in [-0.15, -0.1) is 24.8 Å². The normalized spacial score (nSPS) is 23.0. The van der Waals surface area contributed by atoms with E-state index in [4.69, 9.17) is 11.6 Å². The maximum Gasteiger partial charge on any atom is 0.573 e. The monoisotopic (exact) mass is 321 g/mol. The number of alkyl halides is 4. The molecule has 2 atom stereocenters. The molecule has 0 spiro atoms. The van der Waals surface area contributed by atoms with Gasteiger partial charge in [0, 0.05) is 18.5 Å². The van der Waals surface area contributed by atoms with E-state index < -0.39 is 6.36 Å². The van der Waals surface area contributed by atoms with Crippen LogP contribution in [-0.2, 0) is 6.54 Å². The van der Waals surface area contributed by atoms with Crippen LogP contribution in [0.4, 0.5) is 13.2 Å². The molecule has 0 radical (unpaired) electrons. The zero-order chi connectivity index (χ0) is 15.3. The summed E-state index contributed by atoms with van der Waals surface area (Å²) in [6.45, 7) is 0.629. The molecule has 1 aromatic carbocycles. The van der Waals surface area contributed by atoms with Gasteiger partial charge in [-0.2, -0.15) is 0 Å². The zero-order valence-corrected chi connectivity index (χ0v) is 12.4. The number of benzene rings is 1. The van der Waals surface area contributed by atoms with Gasteiger partial charge >= 0.3 is 6.36 Å². The molecule has 1 aromatic rings. The summed E-state index contributed by atoms with van der Waals surface area (Å²) in [4.78, 5) is 0. The van der Waals surface area contributed by atoms with Crippen molar-refractivity contribution in [2.24, 2.45) is 5.92 Å². The van der Waals surface area contributed by atoms with Crippen molar-refractivity contribution in [2.75, 3.05) is 5.88 Å².